The van der Waals surface area contributed by atoms with Crippen molar-refractivity contribution in [2.75, 3.05) is 41.5 Å². The molecule has 0 bridgehead atoms. The number of aliphatic imine (C=N–C) groups is 1. The highest BCUT2D eigenvalue weighted by Crippen LogP contribution is 2.51. The lowest BCUT2D eigenvalue weighted by molar-refractivity contribution is -0.0912. The van der Waals surface area contributed by atoms with Crippen molar-refractivity contribution in [3.8, 4) is 17.6 Å². The number of aromatic nitrogens is 4. The van der Waals surface area contributed by atoms with E-state index < -0.39 is 32.6 Å². The van der Waals surface area contributed by atoms with Crippen LogP contribution < -0.4 is 9.47 Å². The Morgan fingerprint density at radius 1 is 0.931 bits per heavy atom. The zero-order valence-corrected chi connectivity index (χ0v) is 35.3. The third-order valence-corrected chi connectivity index (χ3v) is 11.9. The fourth-order valence-electron chi connectivity index (χ4n) is 7.08. The van der Waals surface area contributed by atoms with Gasteiger partial charge >= 0.3 is 0 Å². The molecule has 1 aliphatic rings. The van der Waals surface area contributed by atoms with Gasteiger partial charge < -0.3 is 32.9 Å². The van der Waals surface area contributed by atoms with Crippen molar-refractivity contribution in [2.45, 2.75) is 76.7 Å². The lowest BCUT2D eigenvalue weighted by Crippen LogP contribution is -2.39. The molecule has 4 unspecified atom stereocenters. The SMILES string of the molecule is COc1ccc(C(OCC2OC(n3cnc4cnc(N=CN(C)C)nc43)CC2OP(OCCC#N)N(C(C)C)C(C)C)(c2ccccc2)c2ccc(OC)cc2)cc1. The summed E-state index contributed by atoms with van der Waals surface area (Å²) in [6.45, 7) is 8.83. The smallest absolute Gasteiger partial charge is 0.259 e. The van der Waals surface area contributed by atoms with Crippen molar-refractivity contribution < 1.29 is 28.0 Å². The van der Waals surface area contributed by atoms with Gasteiger partial charge in [-0.3, -0.25) is 4.57 Å². The molecule has 0 radical (unpaired) electrons. The molecule has 1 fully saturated rings. The summed E-state index contributed by atoms with van der Waals surface area (Å²) in [5.41, 5.74) is 2.82. The molecular formula is C43H53N8O6P. The Labute approximate surface area is 342 Å². The molecule has 4 atom stereocenters. The number of benzene rings is 3. The first-order valence-electron chi connectivity index (χ1n) is 19.4. The summed E-state index contributed by atoms with van der Waals surface area (Å²) in [4.78, 5) is 20.0. The van der Waals surface area contributed by atoms with Crippen molar-refractivity contribution in [1.29, 1.82) is 5.26 Å². The van der Waals surface area contributed by atoms with Crippen molar-refractivity contribution in [3.63, 3.8) is 0 Å². The molecule has 1 saturated heterocycles. The minimum atomic E-state index is -1.62. The molecule has 306 valence electrons. The summed E-state index contributed by atoms with van der Waals surface area (Å²) in [7, 11) is 5.46. The van der Waals surface area contributed by atoms with Gasteiger partial charge in [-0.15, -0.1) is 0 Å². The number of hydrogen-bond acceptors (Lipinski definition) is 12. The summed E-state index contributed by atoms with van der Waals surface area (Å²) in [5, 5.41) is 9.40. The molecule has 3 heterocycles. The third-order valence-electron chi connectivity index (χ3n) is 9.72. The first-order valence-corrected chi connectivity index (χ1v) is 20.5. The summed E-state index contributed by atoms with van der Waals surface area (Å²) in [6.07, 6.45) is 4.10. The summed E-state index contributed by atoms with van der Waals surface area (Å²) >= 11 is 0. The van der Waals surface area contributed by atoms with Crippen LogP contribution in [0.15, 0.2) is 96.4 Å². The molecule has 0 N–H and O–H groups in total. The van der Waals surface area contributed by atoms with Gasteiger partial charge in [0.15, 0.2) is 5.65 Å². The number of ether oxygens (including phenoxy) is 4. The van der Waals surface area contributed by atoms with Gasteiger partial charge in [-0.05, 0) is 68.7 Å². The monoisotopic (exact) mass is 808 g/mol. The van der Waals surface area contributed by atoms with Crippen molar-refractivity contribution >= 4 is 32.0 Å². The normalized spacial score (nSPS) is 17.7. The number of nitrogens with zero attached hydrogens (tertiary/aromatic N) is 8. The number of imidazole rings is 1. The summed E-state index contributed by atoms with van der Waals surface area (Å²) in [6, 6.07) is 28.4. The number of methoxy groups -OCH3 is 2. The van der Waals surface area contributed by atoms with Crippen LogP contribution in [0.3, 0.4) is 0 Å². The van der Waals surface area contributed by atoms with Crippen LogP contribution in [-0.4, -0.2) is 101 Å². The summed E-state index contributed by atoms with van der Waals surface area (Å²) in [5.74, 6) is 1.76. The Morgan fingerprint density at radius 3 is 2.12 bits per heavy atom. The van der Waals surface area contributed by atoms with Gasteiger partial charge in [0.25, 0.3) is 14.5 Å². The second-order valence-corrected chi connectivity index (χ2v) is 16.0. The molecule has 0 spiro atoms. The van der Waals surface area contributed by atoms with E-state index in [0.717, 1.165) is 28.2 Å². The topological polar surface area (TPSA) is 142 Å². The van der Waals surface area contributed by atoms with Gasteiger partial charge in [-0.2, -0.15) is 10.2 Å². The molecule has 0 aliphatic carbocycles. The lowest BCUT2D eigenvalue weighted by Gasteiger charge is -2.39. The van der Waals surface area contributed by atoms with Crippen molar-refractivity contribution in [2.24, 2.45) is 4.99 Å². The van der Waals surface area contributed by atoms with Crippen molar-refractivity contribution in [1.82, 2.24) is 29.1 Å². The molecule has 0 saturated carbocycles. The van der Waals surface area contributed by atoms with Crippen LogP contribution in [-0.2, 0) is 24.1 Å². The minimum Gasteiger partial charge on any atom is -0.497 e. The number of nitriles is 1. The highest BCUT2D eigenvalue weighted by Gasteiger charge is 2.45. The maximum Gasteiger partial charge on any atom is 0.259 e. The second kappa shape index (κ2) is 19.6. The van der Waals surface area contributed by atoms with Gasteiger partial charge in [-0.25, -0.2) is 19.6 Å². The molecule has 0 amide bonds. The van der Waals surface area contributed by atoms with Gasteiger partial charge in [0.1, 0.15) is 34.9 Å². The second-order valence-electron chi connectivity index (χ2n) is 14.6. The van der Waals surface area contributed by atoms with E-state index in [2.05, 4.69) is 65.5 Å². The molecule has 14 nitrogen and oxygen atoms in total. The molecule has 6 rings (SSSR count). The minimum absolute atomic E-state index is 0.104. The van der Waals surface area contributed by atoms with Gasteiger partial charge in [-0.1, -0.05) is 54.6 Å². The fraction of sp³-hybridized carbons (Fsp3) is 0.419. The van der Waals surface area contributed by atoms with Crippen LogP contribution in [0.4, 0.5) is 5.95 Å². The molecule has 2 aromatic heterocycles. The van der Waals surface area contributed by atoms with Crippen molar-refractivity contribution in [3.05, 3.63) is 108 Å². The van der Waals surface area contributed by atoms with E-state index >= 15 is 0 Å². The van der Waals surface area contributed by atoms with E-state index in [9.17, 15) is 5.26 Å². The quantitative estimate of drug-likeness (QED) is 0.0262. The molecular weight excluding hydrogens is 755 g/mol. The van der Waals surface area contributed by atoms with Crippen LogP contribution >= 0.6 is 8.53 Å². The van der Waals surface area contributed by atoms with Gasteiger partial charge in [0, 0.05) is 32.6 Å². The number of rotatable bonds is 19. The van der Waals surface area contributed by atoms with E-state index in [1.165, 1.54) is 0 Å². The van der Waals surface area contributed by atoms with Gasteiger partial charge in [0.05, 0.1) is 64.9 Å². The fourth-order valence-corrected chi connectivity index (χ4v) is 8.84. The molecule has 5 aromatic rings. The standard InChI is InChI=1S/C43H53N8O6P/c1-30(2)51(31(3)4)58(55-24-12-23-44)57-38-25-40(50-29-46-37-26-45-42(48-41(37)50)47-28-49(5)6)56-39(38)27-54-43(32-13-10-9-11-14-32,33-15-19-35(52-7)20-16-33)34-17-21-36(53-8)22-18-34/h9-11,13-22,26,28-31,38-40H,12,24-25,27H2,1-8H3. The third kappa shape index (κ3) is 9.64. The lowest BCUT2D eigenvalue weighted by atomic mass is 9.80. The Kier molecular flexibility index (Phi) is 14.4. The van der Waals surface area contributed by atoms with Crippen LogP contribution in [0.5, 0.6) is 11.5 Å². The average molecular weight is 809 g/mol. The maximum atomic E-state index is 9.40. The Balaban J connectivity index is 1.43. The van der Waals surface area contributed by atoms with Crippen LogP contribution in [0.25, 0.3) is 11.2 Å². The average Bonchev–Trinajstić information content (AvgIpc) is 3.84. The molecule has 1 aliphatic heterocycles. The molecule has 58 heavy (non-hydrogen) atoms. The largest absolute Gasteiger partial charge is 0.497 e. The highest BCUT2D eigenvalue weighted by atomic mass is 31.2. The van der Waals surface area contributed by atoms with E-state index in [1.807, 2.05) is 90.3 Å². The predicted octanol–water partition coefficient (Wildman–Crippen LogP) is 8.02. The van der Waals surface area contributed by atoms with E-state index in [4.69, 9.17) is 33.0 Å². The zero-order chi connectivity index (χ0) is 41.2. The molecule has 3 aromatic carbocycles. The predicted molar refractivity (Wildman–Crippen MR) is 224 cm³/mol. The Morgan fingerprint density at radius 2 is 1.55 bits per heavy atom. The summed E-state index contributed by atoms with van der Waals surface area (Å²) < 4.78 is 43.0. The van der Waals surface area contributed by atoms with Gasteiger partial charge in [0.2, 0.25) is 0 Å². The van der Waals surface area contributed by atoms with E-state index in [1.54, 1.807) is 33.1 Å². The van der Waals surface area contributed by atoms with Crippen LogP contribution in [0.2, 0.25) is 0 Å². The number of hydrogen-bond donors (Lipinski definition) is 0. The van der Waals surface area contributed by atoms with Crippen LogP contribution in [0.1, 0.15) is 63.5 Å². The van der Waals surface area contributed by atoms with E-state index in [0.29, 0.717) is 23.5 Å². The zero-order valence-electron chi connectivity index (χ0n) is 34.4. The maximum absolute atomic E-state index is 9.40. The first-order chi connectivity index (χ1) is 28.1. The molecule has 15 heteroatoms. The first kappa shape index (κ1) is 42.6. The van der Waals surface area contributed by atoms with E-state index in [-0.39, 0.29) is 31.7 Å². The number of fused-ring (bicyclic) bond motifs is 1. The highest BCUT2D eigenvalue weighted by molar-refractivity contribution is 7.44. The Bertz CT molecular complexity index is 2070. The Hall–Kier alpha value is -5.00. The van der Waals surface area contributed by atoms with Crippen LogP contribution in [0, 0.1) is 11.3 Å².